The zero-order valence-electron chi connectivity index (χ0n) is 12.1. The monoisotopic (exact) mass is 267 g/mol. The van der Waals surface area contributed by atoms with E-state index in [9.17, 15) is 5.11 Å². The number of aliphatic hydroxyl groups excluding tert-OH is 1. The number of benzene rings is 2. The molecule has 2 nitrogen and oxygen atoms in total. The lowest BCUT2D eigenvalue weighted by atomic mass is 10.0. The van der Waals surface area contributed by atoms with E-state index in [2.05, 4.69) is 49.5 Å². The van der Waals surface area contributed by atoms with Crippen molar-refractivity contribution in [2.45, 2.75) is 39.0 Å². The molecule has 2 heteroatoms. The van der Waals surface area contributed by atoms with Crippen molar-refractivity contribution in [2.24, 2.45) is 0 Å². The van der Waals surface area contributed by atoms with Gasteiger partial charge < -0.3 is 10.4 Å². The first kappa shape index (κ1) is 13.3. The van der Waals surface area contributed by atoms with Gasteiger partial charge in [0, 0.05) is 13.0 Å². The molecule has 0 heterocycles. The van der Waals surface area contributed by atoms with E-state index >= 15 is 0 Å². The molecule has 0 saturated carbocycles. The van der Waals surface area contributed by atoms with Crippen molar-refractivity contribution < 1.29 is 5.11 Å². The number of aliphatic hydroxyl groups is 1. The smallest absolute Gasteiger partial charge is 0.0775 e. The molecule has 20 heavy (non-hydrogen) atoms. The first-order valence-corrected chi connectivity index (χ1v) is 7.21. The van der Waals surface area contributed by atoms with Crippen LogP contribution in [0.15, 0.2) is 42.5 Å². The molecule has 2 aromatic rings. The Hall–Kier alpha value is -1.64. The molecule has 2 N–H and O–H groups in total. The number of hydrogen-bond donors (Lipinski definition) is 2. The molecule has 1 aliphatic rings. The minimum Gasteiger partial charge on any atom is -0.391 e. The van der Waals surface area contributed by atoms with Gasteiger partial charge in [-0.25, -0.2) is 0 Å². The molecule has 1 aliphatic carbocycles. The fourth-order valence-corrected chi connectivity index (χ4v) is 3.04. The van der Waals surface area contributed by atoms with Gasteiger partial charge in [-0.1, -0.05) is 42.5 Å². The molecular weight excluding hydrogens is 246 g/mol. The third-order valence-corrected chi connectivity index (χ3v) is 4.43. The molecule has 0 aromatic heterocycles. The largest absolute Gasteiger partial charge is 0.391 e. The average Bonchev–Trinajstić information content (AvgIpc) is 2.76. The minimum atomic E-state index is -0.322. The van der Waals surface area contributed by atoms with Gasteiger partial charge in [0.2, 0.25) is 0 Å². The van der Waals surface area contributed by atoms with Gasteiger partial charge in [0.05, 0.1) is 12.1 Å². The predicted octanol–water partition coefficient (Wildman–Crippen LogP) is 3.05. The second kappa shape index (κ2) is 5.39. The first-order chi connectivity index (χ1) is 9.66. The Morgan fingerprint density at radius 2 is 1.90 bits per heavy atom. The van der Waals surface area contributed by atoms with E-state index in [1.54, 1.807) is 0 Å². The molecule has 0 unspecified atom stereocenters. The Bertz CT molecular complexity index is 621. The average molecular weight is 267 g/mol. The molecule has 0 bridgehead atoms. The van der Waals surface area contributed by atoms with Crippen molar-refractivity contribution in [3.05, 3.63) is 70.3 Å². The molecular formula is C18H21NO. The van der Waals surface area contributed by atoms with Crippen LogP contribution in [0.3, 0.4) is 0 Å². The summed E-state index contributed by atoms with van der Waals surface area (Å²) in [5.41, 5.74) is 6.46. The number of fused-ring (bicyclic) bond motifs is 1. The van der Waals surface area contributed by atoms with Crippen molar-refractivity contribution in [3.63, 3.8) is 0 Å². The molecule has 2 aromatic carbocycles. The highest BCUT2D eigenvalue weighted by Gasteiger charge is 2.30. The zero-order chi connectivity index (χ0) is 14.1. The third-order valence-electron chi connectivity index (χ3n) is 4.43. The van der Waals surface area contributed by atoms with Crippen LogP contribution in [0, 0.1) is 13.8 Å². The third kappa shape index (κ3) is 2.37. The normalized spacial score (nSPS) is 20.9. The van der Waals surface area contributed by atoms with Gasteiger partial charge in [-0.3, -0.25) is 0 Å². The maximum atomic E-state index is 10.2. The first-order valence-electron chi connectivity index (χ1n) is 7.21. The Balaban J connectivity index is 1.77. The number of aryl methyl sites for hydroxylation is 1. The minimum absolute atomic E-state index is 0.0473. The van der Waals surface area contributed by atoms with Crippen LogP contribution < -0.4 is 5.32 Å². The summed E-state index contributed by atoms with van der Waals surface area (Å²) in [6, 6.07) is 14.7. The Labute approximate surface area is 120 Å². The maximum absolute atomic E-state index is 10.2. The molecule has 0 radical (unpaired) electrons. The van der Waals surface area contributed by atoms with Crippen molar-refractivity contribution in [1.29, 1.82) is 0 Å². The van der Waals surface area contributed by atoms with Gasteiger partial charge in [-0.05, 0) is 41.7 Å². The van der Waals surface area contributed by atoms with Crippen LogP contribution in [0.4, 0.5) is 0 Å². The highest BCUT2D eigenvalue weighted by molar-refractivity contribution is 5.37. The Morgan fingerprint density at radius 3 is 2.75 bits per heavy atom. The van der Waals surface area contributed by atoms with Crippen LogP contribution in [0.5, 0.6) is 0 Å². The van der Waals surface area contributed by atoms with Crippen molar-refractivity contribution >= 4 is 0 Å². The van der Waals surface area contributed by atoms with Gasteiger partial charge >= 0.3 is 0 Å². The fourth-order valence-electron chi connectivity index (χ4n) is 3.04. The lowest BCUT2D eigenvalue weighted by Gasteiger charge is -2.19. The van der Waals surface area contributed by atoms with Crippen LogP contribution in [-0.4, -0.2) is 11.2 Å². The second-order valence-corrected chi connectivity index (χ2v) is 5.69. The van der Waals surface area contributed by atoms with Crippen LogP contribution >= 0.6 is 0 Å². The van der Waals surface area contributed by atoms with Crippen LogP contribution in [0.2, 0.25) is 0 Å². The maximum Gasteiger partial charge on any atom is 0.0775 e. The van der Waals surface area contributed by atoms with Gasteiger partial charge in [-0.15, -0.1) is 0 Å². The van der Waals surface area contributed by atoms with Crippen molar-refractivity contribution in [3.8, 4) is 0 Å². The molecule has 2 atom stereocenters. The van der Waals surface area contributed by atoms with E-state index in [1.807, 2.05) is 12.1 Å². The van der Waals surface area contributed by atoms with Crippen LogP contribution in [0.25, 0.3) is 0 Å². The zero-order valence-corrected chi connectivity index (χ0v) is 12.1. The fraction of sp³-hybridized carbons (Fsp3) is 0.333. The standard InChI is InChI=1S/C18H21NO/c1-12-6-5-8-15(13(12)2)11-19-18-16-9-4-3-7-14(16)10-17(18)20/h3-9,17-20H,10-11H2,1-2H3/t17-,18+/m0/s1. The SMILES string of the molecule is Cc1cccc(CN[C@@H]2c3ccccc3C[C@@H]2O)c1C. The summed E-state index contributed by atoms with van der Waals surface area (Å²) in [7, 11) is 0. The lowest BCUT2D eigenvalue weighted by molar-refractivity contribution is 0.140. The second-order valence-electron chi connectivity index (χ2n) is 5.69. The van der Waals surface area contributed by atoms with Crippen molar-refractivity contribution in [2.75, 3.05) is 0 Å². The molecule has 104 valence electrons. The summed E-state index contributed by atoms with van der Waals surface area (Å²) >= 11 is 0. The van der Waals surface area contributed by atoms with E-state index in [4.69, 9.17) is 0 Å². The van der Waals surface area contributed by atoms with E-state index in [-0.39, 0.29) is 12.1 Å². The van der Waals surface area contributed by atoms with Crippen LogP contribution in [0.1, 0.15) is 33.9 Å². The van der Waals surface area contributed by atoms with Gasteiger partial charge in [0.25, 0.3) is 0 Å². The Kier molecular flexibility index (Phi) is 3.60. The summed E-state index contributed by atoms with van der Waals surface area (Å²) in [5, 5.41) is 13.8. The molecule has 0 fully saturated rings. The topological polar surface area (TPSA) is 32.3 Å². The molecule has 0 saturated heterocycles. The van der Waals surface area contributed by atoms with E-state index in [0.29, 0.717) is 0 Å². The summed E-state index contributed by atoms with van der Waals surface area (Å²) in [4.78, 5) is 0. The summed E-state index contributed by atoms with van der Waals surface area (Å²) in [6.07, 6.45) is 0.429. The summed E-state index contributed by atoms with van der Waals surface area (Å²) < 4.78 is 0. The molecule has 3 rings (SSSR count). The number of nitrogens with one attached hydrogen (secondary N) is 1. The van der Waals surface area contributed by atoms with E-state index in [1.165, 1.54) is 27.8 Å². The van der Waals surface area contributed by atoms with Crippen LogP contribution in [-0.2, 0) is 13.0 Å². The number of hydrogen-bond acceptors (Lipinski definition) is 2. The summed E-state index contributed by atoms with van der Waals surface area (Å²) in [5.74, 6) is 0. The number of rotatable bonds is 3. The van der Waals surface area contributed by atoms with Gasteiger partial charge in [-0.2, -0.15) is 0 Å². The summed E-state index contributed by atoms with van der Waals surface area (Å²) in [6.45, 7) is 5.09. The lowest BCUT2D eigenvalue weighted by Crippen LogP contribution is -2.28. The van der Waals surface area contributed by atoms with E-state index in [0.717, 1.165) is 13.0 Å². The molecule has 0 amide bonds. The van der Waals surface area contributed by atoms with Crippen molar-refractivity contribution in [1.82, 2.24) is 5.32 Å². The highest BCUT2D eigenvalue weighted by atomic mass is 16.3. The highest BCUT2D eigenvalue weighted by Crippen LogP contribution is 2.31. The molecule has 0 aliphatic heterocycles. The van der Waals surface area contributed by atoms with Gasteiger partial charge in [0.1, 0.15) is 0 Å². The van der Waals surface area contributed by atoms with E-state index < -0.39 is 0 Å². The van der Waals surface area contributed by atoms with Gasteiger partial charge in [0.15, 0.2) is 0 Å². The Morgan fingerprint density at radius 1 is 1.10 bits per heavy atom. The predicted molar refractivity (Wildman–Crippen MR) is 81.6 cm³/mol. The molecule has 0 spiro atoms. The quantitative estimate of drug-likeness (QED) is 0.896.